The molecule has 0 radical (unpaired) electrons. The van der Waals surface area contributed by atoms with Crippen molar-refractivity contribution in [1.29, 1.82) is 0 Å². The smallest absolute Gasteiger partial charge is 0.191 e. The van der Waals surface area contributed by atoms with Crippen LogP contribution in [0.5, 0.6) is 0 Å². The first-order chi connectivity index (χ1) is 11.9. The molecule has 0 spiro atoms. The first kappa shape index (κ1) is 16.7. The highest BCUT2D eigenvalue weighted by Crippen LogP contribution is 2.21. The highest BCUT2D eigenvalue weighted by atomic mass is 15.3. The molecule has 0 bridgehead atoms. The van der Waals surface area contributed by atoms with Crippen LogP contribution in [-0.4, -0.2) is 34.2 Å². The van der Waals surface area contributed by atoms with Gasteiger partial charge in [0.1, 0.15) is 0 Å². The number of aromatic nitrogens is 3. The van der Waals surface area contributed by atoms with E-state index in [0.29, 0.717) is 6.54 Å². The quantitative estimate of drug-likeness (QED) is 0.669. The molecule has 3 rings (SSSR count). The molecule has 1 saturated carbocycles. The van der Waals surface area contributed by atoms with Gasteiger partial charge in [-0.1, -0.05) is 38.2 Å². The Balaban J connectivity index is 1.49. The van der Waals surface area contributed by atoms with Crippen LogP contribution in [0.25, 0.3) is 5.65 Å². The van der Waals surface area contributed by atoms with Gasteiger partial charge in [-0.15, -0.1) is 10.2 Å². The highest BCUT2D eigenvalue weighted by Gasteiger charge is 2.12. The van der Waals surface area contributed by atoms with Crippen LogP contribution in [0.4, 0.5) is 0 Å². The first-order valence-electron chi connectivity index (χ1n) is 9.10. The Bertz CT molecular complexity index is 654. The van der Waals surface area contributed by atoms with E-state index in [1.54, 1.807) is 0 Å². The first-order valence-corrected chi connectivity index (χ1v) is 9.10. The molecule has 0 saturated heterocycles. The van der Waals surface area contributed by atoms with E-state index in [1.165, 1.54) is 44.9 Å². The van der Waals surface area contributed by atoms with Crippen molar-refractivity contribution in [1.82, 2.24) is 25.2 Å². The normalized spacial score (nSPS) is 17.5. The van der Waals surface area contributed by atoms with E-state index in [4.69, 9.17) is 0 Å². The van der Waals surface area contributed by atoms with Crippen LogP contribution in [0.2, 0.25) is 0 Å². The summed E-state index contributed by atoms with van der Waals surface area (Å²) in [5.74, 6) is 2.49. The Kier molecular flexibility index (Phi) is 6.04. The predicted octanol–water partition coefficient (Wildman–Crippen LogP) is 2.75. The SMILES string of the molecule is CN=C(NCc1nnc2ccccn12)NCC1CCCCCCC1. The van der Waals surface area contributed by atoms with Gasteiger partial charge in [0.15, 0.2) is 17.4 Å². The Morgan fingerprint density at radius 1 is 1.12 bits per heavy atom. The molecule has 0 aliphatic heterocycles. The second kappa shape index (κ2) is 8.66. The number of aliphatic imine (C=N–C) groups is 1. The van der Waals surface area contributed by atoms with E-state index in [0.717, 1.165) is 29.9 Å². The van der Waals surface area contributed by atoms with Crippen molar-refractivity contribution in [3.8, 4) is 0 Å². The monoisotopic (exact) mass is 328 g/mol. The Morgan fingerprint density at radius 2 is 1.92 bits per heavy atom. The lowest BCUT2D eigenvalue weighted by atomic mass is 9.91. The molecule has 2 heterocycles. The Morgan fingerprint density at radius 3 is 2.71 bits per heavy atom. The second-order valence-electron chi connectivity index (χ2n) is 6.56. The molecule has 130 valence electrons. The average molecular weight is 328 g/mol. The van der Waals surface area contributed by atoms with Crippen LogP contribution >= 0.6 is 0 Å². The summed E-state index contributed by atoms with van der Waals surface area (Å²) < 4.78 is 2.00. The molecular weight excluding hydrogens is 300 g/mol. The van der Waals surface area contributed by atoms with Gasteiger partial charge in [0.25, 0.3) is 0 Å². The van der Waals surface area contributed by atoms with Crippen LogP contribution in [0.1, 0.15) is 50.8 Å². The molecule has 1 fully saturated rings. The molecule has 2 aromatic heterocycles. The van der Waals surface area contributed by atoms with E-state index >= 15 is 0 Å². The third-order valence-electron chi connectivity index (χ3n) is 4.80. The van der Waals surface area contributed by atoms with Gasteiger partial charge in [-0.05, 0) is 30.9 Å². The zero-order valence-corrected chi connectivity index (χ0v) is 14.5. The molecule has 0 unspecified atom stereocenters. The van der Waals surface area contributed by atoms with Gasteiger partial charge in [0.2, 0.25) is 0 Å². The van der Waals surface area contributed by atoms with Gasteiger partial charge in [-0.25, -0.2) is 0 Å². The lowest BCUT2D eigenvalue weighted by molar-refractivity contribution is 0.375. The zero-order chi connectivity index (χ0) is 16.6. The average Bonchev–Trinajstić information content (AvgIpc) is 2.99. The number of rotatable bonds is 4. The molecular formula is C18H28N6. The predicted molar refractivity (Wildman–Crippen MR) is 97.0 cm³/mol. The number of hydrogen-bond acceptors (Lipinski definition) is 3. The van der Waals surface area contributed by atoms with Gasteiger partial charge in [0.05, 0.1) is 6.54 Å². The fraction of sp³-hybridized carbons (Fsp3) is 0.611. The van der Waals surface area contributed by atoms with E-state index in [9.17, 15) is 0 Å². The maximum Gasteiger partial charge on any atom is 0.191 e. The van der Waals surface area contributed by atoms with Gasteiger partial charge in [-0.3, -0.25) is 9.39 Å². The molecule has 0 amide bonds. The zero-order valence-electron chi connectivity index (χ0n) is 14.5. The maximum atomic E-state index is 4.33. The fourth-order valence-electron chi connectivity index (χ4n) is 3.38. The van der Waals surface area contributed by atoms with Gasteiger partial charge >= 0.3 is 0 Å². The summed E-state index contributed by atoms with van der Waals surface area (Å²) in [6.07, 6.45) is 11.6. The van der Waals surface area contributed by atoms with Gasteiger partial charge in [-0.2, -0.15) is 0 Å². The molecule has 6 nitrogen and oxygen atoms in total. The minimum atomic E-state index is 0.607. The van der Waals surface area contributed by atoms with Crippen LogP contribution in [0.3, 0.4) is 0 Å². The van der Waals surface area contributed by atoms with Crippen LogP contribution < -0.4 is 10.6 Å². The lowest BCUT2D eigenvalue weighted by Gasteiger charge is -2.21. The third-order valence-corrected chi connectivity index (χ3v) is 4.80. The summed E-state index contributed by atoms with van der Waals surface area (Å²) in [5, 5.41) is 15.2. The van der Waals surface area contributed by atoms with Crippen molar-refractivity contribution in [3.63, 3.8) is 0 Å². The summed E-state index contributed by atoms with van der Waals surface area (Å²) in [6.45, 7) is 1.61. The van der Waals surface area contributed by atoms with Crippen LogP contribution in [0.15, 0.2) is 29.4 Å². The summed E-state index contributed by atoms with van der Waals surface area (Å²) in [5.41, 5.74) is 0.867. The summed E-state index contributed by atoms with van der Waals surface area (Å²) in [7, 11) is 1.81. The fourth-order valence-corrected chi connectivity index (χ4v) is 3.38. The van der Waals surface area contributed by atoms with E-state index in [1.807, 2.05) is 35.8 Å². The number of guanidine groups is 1. The Hall–Kier alpha value is -2.11. The number of hydrogen-bond donors (Lipinski definition) is 2. The summed E-state index contributed by atoms with van der Waals surface area (Å²) in [6, 6.07) is 5.91. The number of nitrogens with one attached hydrogen (secondary N) is 2. The standard InChI is InChI=1S/C18H28N6/c1-19-18(20-13-15-9-5-3-2-4-6-10-15)21-14-17-23-22-16-11-7-8-12-24(16)17/h7-8,11-12,15H,2-6,9-10,13-14H2,1H3,(H2,19,20,21). The number of pyridine rings is 1. The Labute approximate surface area is 143 Å². The van der Waals surface area contributed by atoms with Gasteiger partial charge < -0.3 is 10.6 Å². The lowest BCUT2D eigenvalue weighted by Crippen LogP contribution is -2.39. The van der Waals surface area contributed by atoms with Crippen LogP contribution in [-0.2, 0) is 6.54 Å². The molecule has 1 aliphatic carbocycles. The molecule has 24 heavy (non-hydrogen) atoms. The number of fused-ring (bicyclic) bond motifs is 1. The van der Waals surface area contributed by atoms with Crippen LogP contribution in [0, 0.1) is 5.92 Å². The summed E-state index contributed by atoms with van der Waals surface area (Å²) >= 11 is 0. The van der Waals surface area contributed by atoms with Crippen molar-refractivity contribution < 1.29 is 0 Å². The molecule has 0 atom stereocenters. The van der Waals surface area contributed by atoms with Crippen molar-refractivity contribution in [2.24, 2.45) is 10.9 Å². The van der Waals surface area contributed by atoms with Crippen molar-refractivity contribution in [2.45, 2.75) is 51.5 Å². The molecule has 6 heteroatoms. The molecule has 2 aromatic rings. The topological polar surface area (TPSA) is 66.6 Å². The largest absolute Gasteiger partial charge is 0.356 e. The van der Waals surface area contributed by atoms with E-state index < -0.39 is 0 Å². The molecule has 1 aliphatic rings. The molecule has 0 aromatic carbocycles. The minimum Gasteiger partial charge on any atom is -0.356 e. The van der Waals surface area contributed by atoms with Crippen molar-refractivity contribution in [2.75, 3.05) is 13.6 Å². The second-order valence-corrected chi connectivity index (χ2v) is 6.56. The van der Waals surface area contributed by atoms with Crippen molar-refractivity contribution >= 4 is 11.6 Å². The van der Waals surface area contributed by atoms with Gasteiger partial charge in [0, 0.05) is 19.8 Å². The third kappa shape index (κ3) is 4.46. The van der Waals surface area contributed by atoms with E-state index in [2.05, 4.69) is 25.8 Å². The van der Waals surface area contributed by atoms with Crippen molar-refractivity contribution in [3.05, 3.63) is 30.2 Å². The maximum absolute atomic E-state index is 4.33. The summed E-state index contributed by atoms with van der Waals surface area (Å²) in [4.78, 5) is 4.33. The van der Waals surface area contributed by atoms with E-state index in [-0.39, 0.29) is 0 Å². The number of nitrogens with zero attached hydrogens (tertiary/aromatic N) is 4. The highest BCUT2D eigenvalue weighted by molar-refractivity contribution is 5.79. The minimum absolute atomic E-state index is 0.607. The molecule has 2 N–H and O–H groups in total.